The monoisotopic (exact) mass is 645 g/mol. The molecule has 3 aromatic heterocycles. The van der Waals surface area contributed by atoms with Crippen molar-refractivity contribution < 1.29 is 28.9 Å². The first-order valence-electron chi connectivity index (χ1n) is 11.8. The predicted octanol–water partition coefficient (Wildman–Crippen LogP) is 8.94. The number of rotatable bonds is 2. The second-order valence-electron chi connectivity index (χ2n) is 9.27. The predicted molar refractivity (Wildman–Crippen MR) is 143 cm³/mol. The SMILES string of the molecule is Cc1cnc(-c2[c-]cccc2)cc1-c1cc2oc3c(C)cccc3c2c2c1oc1c(C)cccc12.[Ir]. The Labute approximate surface area is 222 Å². The van der Waals surface area contributed by atoms with E-state index in [2.05, 4.69) is 75.4 Å². The molecule has 177 valence electrons. The third-order valence-corrected chi connectivity index (χ3v) is 7.00. The van der Waals surface area contributed by atoms with Gasteiger partial charge in [-0.3, -0.25) is 0 Å². The molecule has 4 aromatic carbocycles. The molecule has 1 radical (unpaired) electrons. The van der Waals surface area contributed by atoms with E-state index >= 15 is 0 Å². The van der Waals surface area contributed by atoms with Crippen LogP contribution in [0.4, 0.5) is 0 Å². The summed E-state index contributed by atoms with van der Waals surface area (Å²) in [5.74, 6) is 0. The Morgan fingerprint density at radius 3 is 2.11 bits per heavy atom. The normalized spacial score (nSPS) is 11.5. The fourth-order valence-electron chi connectivity index (χ4n) is 5.25. The standard InChI is InChI=1S/C32H22NO2.Ir/c1-18-9-7-13-22-28-27(34-30(18)22)16-25(32-29(28)23-14-8-10-19(2)31(23)35-32)24-15-26(33-17-20(24)3)21-11-5-4-6-12-21;/h4-11,13-17H,1-3H3;/q-1;. The van der Waals surface area contributed by atoms with Gasteiger partial charge in [-0.05, 0) is 54.8 Å². The minimum Gasteiger partial charge on any atom is -0.456 e. The van der Waals surface area contributed by atoms with E-state index in [4.69, 9.17) is 13.8 Å². The topological polar surface area (TPSA) is 39.2 Å². The second kappa shape index (κ2) is 8.44. The first kappa shape index (κ1) is 22.7. The molecule has 0 spiro atoms. The van der Waals surface area contributed by atoms with E-state index in [0.717, 1.165) is 83.0 Å². The van der Waals surface area contributed by atoms with Crippen molar-refractivity contribution in [3.05, 3.63) is 102 Å². The van der Waals surface area contributed by atoms with E-state index in [9.17, 15) is 0 Å². The summed E-state index contributed by atoms with van der Waals surface area (Å²) in [5.41, 5.74) is 10.8. The molecular weight excluding hydrogens is 623 g/mol. The van der Waals surface area contributed by atoms with Gasteiger partial charge in [0.2, 0.25) is 0 Å². The smallest absolute Gasteiger partial charge is 0.144 e. The molecule has 0 N–H and O–H groups in total. The van der Waals surface area contributed by atoms with Gasteiger partial charge in [-0.25, -0.2) is 0 Å². The summed E-state index contributed by atoms with van der Waals surface area (Å²) in [6.45, 7) is 6.28. The van der Waals surface area contributed by atoms with Crippen LogP contribution in [0.3, 0.4) is 0 Å². The number of hydrogen-bond donors (Lipinski definition) is 0. The van der Waals surface area contributed by atoms with Crippen molar-refractivity contribution in [2.75, 3.05) is 0 Å². The van der Waals surface area contributed by atoms with E-state index < -0.39 is 0 Å². The van der Waals surface area contributed by atoms with Gasteiger partial charge >= 0.3 is 0 Å². The number of pyridine rings is 1. The molecule has 0 aliphatic rings. The van der Waals surface area contributed by atoms with E-state index in [1.54, 1.807) is 0 Å². The van der Waals surface area contributed by atoms with E-state index in [-0.39, 0.29) is 20.1 Å². The maximum Gasteiger partial charge on any atom is 0.144 e. The average Bonchev–Trinajstić information content (AvgIpc) is 3.45. The molecule has 0 saturated carbocycles. The summed E-state index contributed by atoms with van der Waals surface area (Å²) in [6, 6.07) is 28.2. The van der Waals surface area contributed by atoms with Gasteiger partial charge in [-0.2, -0.15) is 0 Å². The van der Waals surface area contributed by atoms with Crippen molar-refractivity contribution in [2.24, 2.45) is 0 Å². The van der Waals surface area contributed by atoms with Crippen LogP contribution in [-0.2, 0) is 20.1 Å². The van der Waals surface area contributed by atoms with Gasteiger partial charge in [0, 0.05) is 53.4 Å². The van der Waals surface area contributed by atoms with Crippen LogP contribution in [-0.4, -0.2) is 4.98 Å². The number of hydrogen-bond acceptors (Lipinski definition) is 3. The molecule has 0 fully saturated rings. The Bertz CT molecular complexity index is 1930. The van der Waals surface area contributed by atoms with Crippen molar-refractivity contribution in [1.29, 1.82) is 0 Å². The molecule has 36 heavy (non-hydrogen) atoms. The van der Waals surface area contributed by atoms with Gasteiger partial charge in [0.05, 0.1) is 0 Å². The Morgan fingerprint density at radius 2 is 1.39 bits per heavy atom. The molecule has 7 rings (SSSR count). The van der Waals surface area contributed by atoms with Gasteiger partial charge in [0.1, 0.15) is 22.3 Å². The van der Waals surface area contributed by atoms with Crippen molar-refractivity contribution in [3.8, 4) is 22.4 Å². The minimum atomic E-state index is 0. The Balaban J connectivity index is 0.00000240. The van der Waals surface area contributed by atoms with Crippen molar-refractivity contribution in [1.82, 2.24) is 4.98 Å². The van der Waals surface area contributed by atoms with Gasteiger partial charge in [-0.1, -0.05) is 42.5 Å². The van der Waals surface area contributed by atoms with E-state index in [1.807, 2.05) is 30.5 Å². The Hall–Kier alpha value is -3.72. The number of aromatic nitrogens is 1. The number of aryl methyl sites for hydroxylation is 3. The van der Waals surface area contributed by atoms with E-state index in [1.165, 1.54) is 0 Å². The van der Waals surface area contributed by atoms with Crippen LogP contribution in [0.25, 0.3) is 66.3 Å². The number of furan rings is 2. The third kappa shape index (κ3) is 3.26. The zero-order valence-electron chi connectivity index (χ0n) is 20.1. The summed E-state index contributed by atoms with van der Waals surface area (Å²) in [5, 5.41) is 4.44. The van der Waals surface area contributed by atoms with Crippen molar-refractivity contribution >= 4 is 43.9 Å². The summed E-state index contributed by atoms with van der Waals surface area (Å²) >= 11 is 0. The molecule has 0 unspecified atom stereocenters. The van der Waals surface area contributed by atoms with Gasteiger partial charge in [0.25, 0.3) is 0 Å². The molecule has 4 heteroatoms. The third-order valence-electron chi connectivity index (χ3n) is 7.00. The van der Waals surface area contributed by atoms with Gasteiger partial charge in [-0.15, -0.1) is 35.9 Å². The number of nitrogens with zero attached hydrogens (tertiary/aromatic N) is 1. The fourth-order valence-corrected chi connectivity index (χ4v) is 5.25. The van der Waals surface area contributed by atoms with Crippen LogP contribution >= 0.6 is 0 Å². The summed E-state index contributed by atoms with van der Waals surface area (Å²) in [7, 11) is 0. The van der Waals surface area contributed by atoms with Crippen LogP contribution in [0.5, 0.6) is 0 Å². The number of para-hydroxylation sites is 2. The molecule has 0 atom stereocenters. The average molecular weight is 645 g/mol. The Kier molecular flexibility index (Phi) is 5.33. The molecule has 0 saturated heterocycles. The molecule has 0 aliphatic carbocycles. The van der Waals surface area contributed by atoms with Crippen LogP contribution in [0.1, 0.15) is 16.7 Å². The fraction of sp³-hybridized carbons (Fsp3) is 0.0938. The largest absolute Gasteiger partial charge is 0.456 e. The van der Waals surface area contributed by atoms with Crippen LogP contribution in [0, 0.1) is 26.8 Å². The number of fused-ring (bicyclic) bond motifs is 7. The van der Waals surface area contributed by atoms with Gasteiger partial charge in [0.15, 0.2) is 0 Å². The Morgan fingerprint density at radius 1 is 0.667 bits per heavy atom. The van der Waals surface area contributed by atoms with Crippen LogP contribution < -0.4 is 0 Å². The van der Waals surface area contributed by atoms with Crippen molar-refractivity contribution in [3.63, 3.8) is 0 Å². The first-order chi connectivity index (χ1) is 17.1. The summed E-state index contributed by atoms with van der Waals surface area (Å²) in [6.07, 6.45) is 1.93. The van der Waals surface area contributed by atoms with Crippen molar-refractivity contribution in [2.45, 2.75) is 20.8 Å². The van der Waals surface area contributed by atoms with Crippen LogP contribution in [0.2, 0.25) is 0 Å². The quantitative estimate of drug-likeness (QED) is 0.177. The first-order valence-corrected chi connectivity index (χ1v) is 11.8. The molecule has 0 bridgehead atoms. The number of benzene rings is 4. The maximum absolute atomic E-state index is 6.66. The molecule has 3 nitrogen and oxygen atoms in total. The van der Waals surface area contributed by atoms with Gasteiger partial charge < -0.3 is 13.8 Å². The van der Waals surface area contributed by atoms with Crippen LogP contribution in [0.15, 0.2) is 87.8 Å². The summed E-state index contributed by atoms with van der Waals surface area (Å²) in [4.78, 5) is 4.70. The molecule has 0 amide bonds. The maximum atomic E-state index is 6.66. The molecule has 7 aromatic rings. The molecular formula is C32H22IrNO2-. The van der Waals surface area contributed by atoms with E-state index in [0.29, 0.717) is 0 Å². The second-order valence-corrected chi connectivity index (χ2v) is 9.27. The minimum absolute atomic E-state index is 0. The molecule has 0 aliphatic heterocycles. The zero-order valence-corrected chi connectivity index (χ0v) is 22.5. The zero-order chi connectivity index (χ0) is 23.7. The molecule has 3 heterocycles. The summed E-state index contributed by atoms with van der Waals surface area (Å²) < 4.78 is 13.1.